The Morgan fingerprint density at radius 3 is 1.90 bits per heavy atom. The van der Waals surface area contributed by atoms with Crippen LogP contribution in [0.3, 0.4) is 0 Å². The Kier molecular flexibility index (Phi) is 8.42. The Morgan fingerprint density at radius 2 is 1.45 bits per heavy atom. The maximum absolute atomic E-state index is 13.5. The SMILES string of the molecule is CCC(C)c1ccc(OCCCOS(=O)(=O)C(F)(F)C(F)(F)C(F)(F)S(=O)(=O)[O-])cc1. The van der Waals surface area contributed by atoms with E-state index in [9.17, 15) is 47.7 Å². The molecule has 0 spiro atoms. The summed E-state index contributed by atoms with van der Waals surface area (Å²) in [5.41, 5.74) is 1.02. The van der Waals surface area contributed by atoms with Gasteiger partial charge in [0.25, 0.3) is 0 Å². The molecule has 1 aromatic carbocycles. The van der Waals surface area contributed by atoms with Crippen LogP contribution in [-0.2, 0) is 24.4 Å². The number of benzene rings is 1. The molecule has 1 rings (SSSR count). The van der Waals surface area contributed by atoms with E-state index in [-0.39, 0.29) is 12.5 Å². The third kappa shape index (κ3) is 5.62. The van der Waals surface area contributed by atoms with E-state index in [4.69, 9.17) is 4.74 Å². The van der Waals surface area contributed by atoms with Gasteiger partial charge in [0.2, 0.25) is 0 Å². The summed E-state index contributed by atoms with van der Waals surface area (Å²) in [6.45, 7) is 2.50. The Balaban J connectivity index is 2.72. The van der Waals surface area contributed by atoms with Gasteiger partial charge in [-0.1, -0.05) is 26.0 Å². The number of halogens is 6. The second kappa shape index (κ2) is 9.50. The highest BCUT2D eigenvalue weighted by Crippen LogP contribution is 2.50. The zero-order valence-corrected chi connectivity index (χ0v) is 17.8. The fraction of sp³-hybridized carbons (Fsp3) is 0.625. The minimum atomic E-state index is -7.33. The molecule has 0 aliphatic heterocycles. The van der Waals surface area contributed by atoms with Crippen molar-refractivity contribution in [3.05, 3.63) is 29.8 Å². The summed E-state index contributed by atoms with van der Waals surface area (Å²) in [5, 5.41) is -13.6. The Labute approximate surface area is 175 Å². The summed E-state index contributed by atoms with van der Waals surface area (Å²) in [5.74, 6) is -6.48. The molecular formula is C16H19F6O7S2-. The van der Waals surface area contributed by atoms with Gasteiger partial charge in [-0.15, -0.1) is 0 Å². The van der Waals surface area contributed by atoms with Crippen molar-refractivity contribution in [2.24, 2.45) is 0 Å². The third-order valence-corrected chi connectivity index (χ3v) is 6.46. The summed E-state index contributed by atoms with van der Waals surface area (Å²) in [6.07, 6.45) is 0.451. The van der Waals surface area contributed by atoms with Crippen molar-refractivity contribution in [1.29, 1.82) is 0 Å². The van der Waals surface area contributed by atoms with E-state index in [2.05, 4.69) is 4.18 Å². The highest BCUT2D eigenvalue weighted by molar-refractivity contribution is 7.88. The van der Waals surface area contributed by atoms with Crippen LogP contribution in [-0.4, -0.2) is 51.0 Å². The molecule has 7 nitrogen and oxygen atoms in total. The number of hydrogen-bond donors (Lipinski definition) is 0. The van der Waals surface area contributed by atoms with Crippen LogP contribution in [0.5, 0.6) is 5.75 Å². The summed E-state index contributed by atoms with van der Waals surface area (Å²) in [7, 11) is -14.1. The van der Waals surface area contributed by atoms with Crippen LogP contribution < -0.4 is 4.74 Å². The normalized spacial score (nSPS) is 15.0. The van der Waals surface area contributed by atoms with Crippen LogP contribution in [0.2, 0.25) is 0 Å². The van der Waals surface area contributed by atoms with Gasteiger partial charge >= 0.3 is 26.5 Å². The minimum Gasteiger partial charge on any atom is -0.743 e. The predicted molar refractivity (Wildman–Crippen MR) is 94.7 cm³/mol. The molecule has 1 aromatic rings. The van der Waals surface area contributed by atoms with Crippen molar-refractivity contribution in [3.63, 3.8) is 0 Å². The van der Waals surface area contributed by atoms with Crippen LogP contribution in [0.4, 0.5) is 26.3 Å². The van der Waals surface area contributed by atoms with E-state index in [1.807, 2.05) is 13.8 Å². The second-order valence-electron chi connectivity index (χ2n) is 6.42. The molecule has 0 bridgehead atoms. The highest BCUT2D eigenvalue weighted by atomic mass is 32.2. The summed E-state index contributed by atoms with van der Waals surface area (Å²) in [6, 6.07) is 6.69. The molecule has 0 fully saturated rings. The van der Waals surface area contributed by atoms with Gasteiger partial charge in [0.15, 0.2) is 10.1 Å². The van der Waals surface area contributed by atoms with Gasteiger partial charge in [0, 0.05) is 6.42 Å². The Bertz CT molecular complexity index is 947. The molecule has 0 aliphatic rings. The largest absolute Gasteiger partial charge is 0.743 e. The maximum Gasteiger partial charge on any atom is 0.439 e. The Morgan fingerprint density at radius 1 is 0.935 bits per heavy atom. The van der Waals surface area contributed by atoms with E-state index < -0.39 is 49.7 Å². The van der Waals surface area contributed by atoms with Gasteiger partial charge in [0.1, 0.15) is 5.75 Å². The summed E-state index contributed by atoms with van der Waals surface area (Å²) in [4.78, 5) is 0. The van der Waals surface area contributed by atoms with Gasteiger partial charge < -0.3 is 9.29 Å². The first-order valence-corrected chi connectivity index (χ1v) is 11.4. The molecular weight excluding hydrogens is 482 g/mol. The zero-order valence-electron chi connectivity index (χ0n) is 16.2. The summed E-state index contributed by atoms with van der Waals surface area (Å²) >= 11 is 0. The third-order valence-electron chi connectivity index (χ3n) is 4.22. The lowest BCUT2D eigenvalue weighted by atomic mass is 9.99. The molecule has 0 N–H and O–H groups in total. The van der Waals surface area contributed by atoms with E-state index >= 15 is 0 Å². The molecule has 0 aromatic heterocycles. The van der Waals surface area contributed by atoms with Crippen LogP contribution in [0, 0.1) is 0 Å². The van der Waals surface area contributed by atoms with Gasteiger partial charge in [-0.3, -0.25) is 4.18 Å². The van der Waals surface area contributed by atoms with E-state index in [0.29, 0.717) is 5.75 Å². The first-order valence-electron chi connectivity index (χ1n) is 8.63. The van der Waals surface area contributed by atoms with Gasteiger partial charge in [0.05, 0.1) is 13.2 Å². The predicted octanol–water partition coefficient (Wildman–Crippen LogP) is 3.68. The van der Waals surface area contributed by atoms with Crippen molar-refractivity contribution < 1.29 is 56.7 Å². The molecule has 1 unspecified atom stereocenters. The standard InChI is InChI=1S/C16H20F6O7S2/c1-3-11(2)12-5-7-13(8-6-12)28-9-4-10-29-31(26,27)16(21,22)14(17,18)15(19,20)30(23,24)25/h5-8,11H,3-4,9-10H2,1-2H3,(H,23,24,25)/p-1. The molecule has 0 aliphatic carbocycles. The molecule has 15 heteroatoms. The molecule has 0 saturated heterocycles. The van der Waals surface area contributed by atoms with Crippen molar-refractivity contribution >= 4 is 20.2 Å². The average molecular weight is 501 g/mol. The van der Waals surface area contributed by atoms with Crippen molar-refractivity contribution in [1.82, 2.24) is 0 Å². The number of hydrogen-bond acceptors (Lipinski definition) is 7. The van der Waals surface area contributed by atoms with E-state index in [1.165, 1.54) is 0 Å². The molecule has 180 valence electrons. The van der Waals surface area contributed by atoms with Gasteiger partial charge in [-0.05, 0) is 30.0 Å². The van der Waals surface area contributed by atoms with Crippen LogP contribution in [0.15, 0.2) is 24.3 Å². The Hall–Kier alpha value is -1.58. The van der Waals surface area contributed by atoms with Gasteiger partial charge in [-0.25, -0.2) is 8.42 Å². The molecule has 31 heavy (non-hydrogen) atoms. The number of ether oxygens (including phenoxy) is 1. The molecule has 1 atom stereocenters. The topological polar surface area (TPSA) is 110 Å². The first kappa shape index (κ1) is 27.5. The lowest BCUT2D eigenvalue weighted by Gasteiger charge is -2.32. The molecule has 0 amide bonds. The van der Waals surface area contributed by atoms with Crippen molar-refractivity contribution in [3.8, 4) is 5.75 Å². The monoisotopic (exact) mass is 501 g/mol. The van der Waals surface area contributed by atoms with Crippen molar-refractivity contribution in [2.75, 3.05) is 13.2 Å². The second-order valence-corrected chi connectivity index (χ2v) is 9.50. The minimum absolute atomic E-state index is 0.288. The quantitative estimate of drug-likeness (QED) is 0.186. The lowest BCUT2D eigenvalue weighted by Crippen LogP contribution is -2.60. The molecule has 0 saturated carbocycles. The first-order chi connectivity index (χ1) is 13.9. The number of rotatable bonds is 12. The molecule has 0 heterocycles. The van der Waals surface area contributed by atoms with Crippen molar-refractivity contribution in [2.45, 2.75) is 49.0 Å². The molecule has 0 radical (unpaired) electrons. The summed E-state index contributed by atoms with van der Waals surface area (Å²) < 4.78 is 142. The maximum atomic E-state index is 13.5. The lowest BCUT2D eigenvalue weighted by molar-refractivity contribution is -0.248. The smallest absolute Gasteiger partial charge is 0.439 e. The van der Waals surface area contributed by atoms with Crippen LogP contribution in [0.1, 0.15) is 38.2 Å². The van der Waals surface area contributed by atoms with E-state index in [0.717, 1.165) is 12.0 Å². The highest BCUT2D eigenvalue weighted by Gasteiger charge is 2.80. The van der Waals surface area contributed by atoms with E-state index in [1.54, 1.807) is 24.3 Å². The average Bonchev–Trinajstić information content (AvgIpc) is 2.66. The van der Waals surface area contributed by atoms with Crippen LogP contribution >= 0.6 is 0 Å². The van der Waals surface area contributed by atoms with Crippen LogP contribution in [0.25, 0.3) is 0 Å². The van der Waals surface area contributed by atoms with Gasteiger partial charge in [-0.2, -0.15) is 34.8 Å². The zero-order chi connectivity index (χ0) is 24.3. The fourth-order valence-corrected chi connectivity index (χ4v) is 3.54. The number of alkyl halides is 6. The fourth-order valence-electron chi connectivity index (χ4n) is 2.10.